The number of fused-ring (bicyclic) bond motifs is 3. The Bertz CT molecular complexity index is 2030. The predicted molar refractivity (Wildman–Crippen MR) is 172 cm³/mol. The van der Waals surface area contributed by atoms with Crippen LogP contribution in [0.4, 0.5) is 17.1 Å². The second kappa shape index (κ2) is 11.3. The quantitative estimate of drug-likeness (QED) is 0.156. The number of rotatable bonds is 6. The highest BCUT2D eigenvalue weighted by Crippen LogP contribution is 2.36. The van der Waals surface area contributed by atoms with Gasteiger partial charge in [0, 0.05) is 27.8 Å². The zero-order chi connectivity index (χ0) is 29.1. The highest BCUT2D eigenvalue weighted by atomic mass is 16.5. The van der Waals surface area contributed by atoms with Gasteiger partial charge in [-0.1, -0.05) is 78.4 Å². The lowest BCUT2D eigenvalue weighted by atomic mass is 9.91. The Balaban J connectivity index is 1.35. The van der Waals surface area contributed by atoms with Crippen molar-refractivity contribution in [2.75, 3.05) is 12.0 Å². The van der Waals surface area contributed by atoms with Crippen molar-refractivity contribution in [2.45, 2.75) is 6.92 Å². The number of methoxy groups -OCH3 is 1. The van der Waals surface area contributed by atoms with Crippen LogP contribution in [-0.2, 0) is 0 Å². The third-order valence-electron chi connectivity index (χ3n) is 7.49. The molecule has 6 rings (SSSR count). The van der Waals surface area contributed by atoms with Crippen LogP contribution in [0.2, 0.25) is 0 Å². The van der Waals surface area contributed by atoms with E-state index in [1.807, 2.05) is 61.5 Å². The fraction of sp³-hybridized carbons (Fsp3) is 0.0526. The fourth-order valence-corrected chi connectivity index (χ4v) is 5.39. The summed E-state index contributed by atoms with van der Waals surface area (Å²) >= 11 is 0. The molecule has 42 heavy (non-hydrogen) atoms. The number of anilines is 3. The number of ether oxygens (including phenoxy) is 1. The molecule has 4 heteroatoms. The molecular formula is C38H27N3O. The van der Waals surface area contributed by atoms with E-state index in [-0.39, 0.29) is 0 Å². The monoisotopic (exact) mass is 541 g/mol. The molecule has 0 atom stereocenters. The van der Waals surface area contributed by atoms with E-state index in [0.717, 1.165) is 61.0 Å². The van der Waals surface area contributed by atoms with E-state index in [2.05, 4.69) is 89.9 Å². The smallest absolute Gasteiger partial charge is 0.119 e. The zero-order valence-electron chi connectivity index (χ0n) is 23.4. The largest absolute Gasteiger partial charge is 0.497 e. The lowest BCUT2D eigenvalue weighted by Crippen LogP contribution is -2.09. The minimum Gasteiger partial charge on any atom is -0.497 e. The van der Waals surface area contributed by atoms with E-state index in [9.17, 15) is 10.5 Å². The van der Waals surface area contributed by atoms with Crippen LogP contribution in [0.1, 0.15) is 27.8 Å². The van der Waals surface area contributed by atoms with E-state index < -0.39 is 0 Å². The molecule has 0 aliphatic heterocycles. The molecule has 6 aromatic carbocycles. The Morgan fingerprint density at radius 3 is 1.71 bits per heavy atom. The van der Waals surface area contributed by atoms with Gasteiger partial charge in [-0.25, -0.2) is 0 Å². The van der Waals surface area contributed by atoms with Crippen molar-refractivity contribution in [3.8, 4) is 17.9 Å². The molecule has 0 N–H and O–H groups in total. The lowest BCUT2D eigenvalue weighted by Gasteiger charge is -2.25. The molecule has 0 aromatic heterocycles. The van der Waals surface area contributed by atoms with Gasteiger partial charge in [0.25, 0.3) is 0 Å². The van der Waals surface area contributed by atoms with Gasteiger partial charge >= 0.3 is 0 Å². The van der Waals surface area contributed by atoms with Crippen molar-refractivity contribution in [1.29, 1.82) is 10.5 Å². The molecule has 0 saturated carbocycles. The van der Waals surface area contributed by atoms with Gasteiger partial charge in [0.15, 0.2) is 0 Å². The third-order valence-corrected chi connectivity index (χ3v) is 7.49. The Morgan fingerprint density at radius 2 is 1.10 bits per heavy atom. The van der Waals surface area contributed by atoms with Crippen LogP contribution in [-0.4, -0.2) is 7.11 Å². The highest BCUT2D eigenvalue weighted by Gasteiger charge is 2.15. The Morgan fingerprint density at radius 1 is 0.571 bits per heavy atom. The van der Waals surface area contributed by atoms with Gasteiger partial charge in [-0.05, 0) is 83.4 Å². The molecule has 0 heterocycles. The third kappa shape index (κ3) is 4.94. The molecule has 0 bridgehead atoms. The number of nitrogens with zero attached hydrogens (tertiary/aromatic N) is 3. The van der Waals surface area contributed by atoms with Crippen LogP contribution in [0, 0.1) is 29.6 Å². The van der Waals surface area contributed by atoms with Crippen LogP contribution in [0.5, 0.6) is 5.75 Å². The molecule has 6 aromatic rings. The number of hydrogen-bond acceptors (Lipinski definition) is 4. The predicted octanol–water partition coefficient (Wildman–Crippen LogP) is 9.69. The summed E-state index contributed by atoms with van der Waals surface area (Å²) in [6.07, 6.45) is 4.17. The van der Waals surface area contributed by atoms with Crippen LogP contribution in [0.25, 0.3) is 33.7 Å². The summed E-state index contributed by atoms with van der Waals surface area (Å²) in [5.41, 5.74) is 7.22. The summed E-state index contributed by atoms with van der Waals surface area (Å²) in [7, 11) is 1.67. The maximum absolute atomic E-state index is 9.89. The van der Waals surface area contributed by atoms with Gasteiger partial charge in [-0.15, -0.1) is 0 Å². The first-order chi connectivity index (χ1) is 20.6. The summed E-state index contributed by atoms with van der Waals surface area (Å²) < 4.78 is 5.36. The van der Waals surface area contributed by atoms with E-state index in [0.29, 0.717) is 11.1 Å². The Hall–Kier alpha value is -5.84. The minimum absolute atomic E-state index is 0.426. The van der Waals surface area contributed by atoms with Gasteiger partial charge in [0.1, 0.15) is 17.9 Å². The van der Waals surface area contributed by atoms with E-state index in [1.54, 1.807) is 7.11 Å². The number of aryl methyl sites for hydroxylation is 1. The zero-order valence-corrected chi connectivity index (χ0v) is 23.4. The minimum atomic E-state index is 0.426. The molecule has 4 nitrogen and oxygen atoms in total. The maximum Gasteiger partial charge on any atom is 0.119 e. The topological polar surface area (TPSA) is 60.0 Å². The molecule has 0 aliphatic carbocycles. The fourth-order valence-electron chi connectivity index (χ4n) is 5.39. The summed E-state index contributed by atoms with van der Waals surface area (Å²) in [6.45, 7) is 2.04. The molecular weight excluding hydrogens is 514 g/mol. The summed E-state index contributed by atoms with van der Waals surface area (Å²) in [6, 6.07) is 43.4. The van der Waals surface area contributed by atoms with Crippen molar-refractivity contribution in [2.24, 2.45) is 0 Å². The number of hydrogen-bond donors (Lipinski definition) is 0. The second-order valence-corrected chi connectivity index (χ2v) is 10.1. The normalized spacial score (nSPS) is 11.0. The average molecular weight is 542 g/mol. The van der Waals surface area contributed by atoms with Crippen molar-refractivity contribution < 1.29 is 4.74 Å². The van der Waals surface area contributed by atoms with Gasteiger partial charge in [0.2, 0.25) is 0 Å². The van der Waals surface area contributed by atoms with E-state index >= 15 is 0 Å². The average Bonchev–Trinajstić information content (AvgIpc) is 3.04. The van der Waals surface area contributed by atoms with Crippen LogP contribution >= 0.6 is 0 Å². The van der Waals surface area contributed by atoms with E-state index in [4.69, 9.17) is 4.74 Å². The number of benzene rings is 6. The van der Waals surface area contributed by atoms with Crippen molar-refractivity contribution >= 4 is 50.8 Å². The van der Waals surface area contributed by atoms with Crippen LogP contribution in [0.3, 0.4) is 0 Å². The van der Waals surface area contributed by atoms with E-state index in [1.165, 1.54) is 0 Å². The molecule has 0 unspecified atom stereocenters. The summed E-state index contributed by atoms with van der Waals surface area (Å²) in [5.74, 6) is 0.818. The van der Waals surface area contributed by atoms with Crippen molar-refractivity contribution in [3.05, 3.63) is 143 Å². The Kier molecular flexibility index (Phi) is 7.12. The lowest BCUT2D eigenvalue weighted by molar-refractivity contribution is 0.415. The first-order valence-corrected chi connectivity index (χ1v) is 13.7. The van der Waals surface area contributed by atoms with Gasteiger partial charge in [-0.3, -0.25) is 0 Å². The van der Waals surface area contributed by atoms with Crippen molar-refractivity contribution in [1.82, 2.24) is 0 Å². The van der Waals surface area contributed by atoms with Gasteiger partial charge in [0.05, 0.1) is 18.2 Å². The highest BCUT2D eigenvalue weighted by molar-refractivity contribution is 6.13. The second-order valence-electron chi connectivity index (χ2n) is 10.1. The van der Waals surface area contributed by atoms with Crippen LogP contribution in [0.15, 0.2) is 115 Å². The molecule has 0 fully saturated rings. The molecule has 0 aliphatic rings. The molecule has 0 saturated heterocycles. The van der Waals surface area contributed by atoms with Gasteiger partial charge < -0.3 is 9.64 Å². The van der Waals surface area contributed by atoms with Crippen molar-refractivity contribution in [3.63, 3.8) is 0 Å². The summed E-state index contributed by atoms with van der Waals surface area (Å²) in [4.78, 5) is 2.21. The van der Waals surface area contributed by atoms with Gasteiger partial charge in [-0.2, -0.15) is 10.5 Å². The van der Waals surface area contributed by atoms with Crippen LogP contribution < -0.4 is 9.64 Å². The summed E-state index contributed by atoms with van der Waals surface area (Å²) in [5, 5.41) is 23.3. The molecule has 0 radical (unpaired) electrons. The number of nitriles is 2. The molecule has 200 valence electrons. The molecule has 0 spiro atoms. The first-order valence-electron chi connectivity index (χ1n) is 13.7. The number of para-hydroxylation sites is 1. The molecule has 0 amide bonds. The Labute approximate surface area is 245 Å². The standard InChI is InChI=1S/C38H27N3O/c1-26-8-20-33-35(22-26)36-23-28(13-21-34(36)38(25-40)37(33)24-39)10-9-27-11-14-30(15-12-27)41(29-6-4-3-5-7-29)31-16-18-32(42-2)19-17-31/h3-23H,1-2H3. The first kappa shape index (κ1) is 26.4. The SMILES string of the molecule is COc1ccc(N(c2ccccc2)c2ccc(C=Cc3ccc4c(C#N)c(C#N)c5ccc(C)cc5c4c3)cc2)cc1. The maximum atomic E-state index is 9.89.